The van der Waals surface area contributed by atoms with Gasteiger partial charge >= 0.3 is 6.01 Å². The number of ether oxygens (including phenoxy) is 1. The second-order valence-corrected chi connectivity index (χ2v) is 7.27. The molecular weight excluding hydrogens is 404 g/mol. The fourth-order valence-corrected chi connectivity index (χ4v) is 3.07. The van der Waals surface area contributed by atoms with Crippen LogP contribution in [0.4, 0.5) is 17.3 Å². The first-order valence-corrected chi connectivity index (χ1v) is 10.4. The van der Waals surface area contributed by atoms with Gasteiger partial charge in [0.25, 0.3) is 0 Å². The van der Waals surface area contributed by atoms with Crippen LogP contribution in [0.2, 0.25) is 0 Å². The molecule has 1 amide bonds. The Hall–Kier alpha value is -4.20. The number of carbonyl (C=O) groups is 1. The monoisotopic (exact) mass is 428 g/mol. The molecule has 32 heavy (non-hydrogen) atoms. The smallest absolute Gasteiger partial charge is 0.324 e. The molecule has 0 atom stereocenters. The van der Waals surface area contributed by atoms with Crippen molar-refractivity contribution in [2.75, 3.05) is 10.6 Å². The van der Waals surface area contributed by atoms with Crippen LogP contribution in [0.5, 0.6) is 11.8 Å². The minimum absolute atomic E-state index is 0.00983. The summed E-state index contributed by atoms with van der Waals surface area (Å²) < 4.78 is 5.93. The number of aryl methyl sites for hydroxylation is 1. The summed E-state index contributed by atoms with van der Waals surface area (Å²) in [6.45, 7) is 3.90. The van der Waals surface area contributed by atoms with Crippen LogP contribution in [-0.2, 0) is 4.79 Å². The van der Waals surface area contributed by atoms with Gasteiger partial charge in [0.05, 0.1) is 5.69 Å². The first kappa shape index (κ1) is 21.0. The first-order chi connectivity index (χ1) is 15.6. The zero-order valence-corrected chi connectivity index (χ0v) is 17.9. The van der Waals surface area contributed by atoms with Crippen LogP contribution in [0.15, 0.2) is 66.7 Å². The Kier molecular flexibility index (Phi) is 6.41. The van der Waals surface area contributed by atoms with E-state index in [1.54, 1.807) is 24.3 Å². The molecule has 0 unspecified atom stereocenters. The highest BCUT2D eigenvalue weighted by molar-refractivity contribution is 5.90. The number of hydrogen-bond donors (Lipinski definition) is 3. The molecule has 8 heteroatoms. The summed E-state index contributed by atoms with van der Waals surface area (Å²) in [4.78, 5) is 20.8. The second-order valence-electron chi connectivity index (χ2n) is 7.27. The molecule has 2 aromatic carbocycles. The summed E-state index contributed by atoms with van der Waals surface area (Å²) in [6, 6.07) is 20.8. The van der Waals surface area contributed by atoms with Gasteiger partial charge in [-0.2, -0.15) is 15.1 Å². The lowest BCUT2D eigenvalue weighted by Gasteiger charge is -2.10. The standard InChI is InChI=1S/C24H24N6O2/c1-3-7-23(31)25-18-10-12-19(13-11-18)32-24-26-20(17-8-5-4-6-9-17)15-21(28-24)27-22-14-16(2)29-30-22/h4-6,8-15H,3,7H2,1-2H3,(H,25,31)(H2,26,27,28,29,30). The number of rotatable bonds is 8. The number of anilines is 3. The maximum absolute atomic E-state index is 11.8. The van der Waals surface area contributed by atoms with Gasteiger partial charge in [0, 0.05) is 35.5 Å². The molecule has 4 aromatic rings. The summed E-state index contributed by atoms with van der Waals surface area (Å²) in [5.74, 6) is 1.76. The largest absolute Gasteiger partial charge is 0.424 e. The summed E-state index contributed by atoms with van der Waals surface area (Å²) in [5.41, 5.74) is 3.31. The van der Waals surface area contributed by atoms with Crippen LogP contribution in [0.25, 0.3) is 11.3 Å². The lowest BCUT2D eigenvalue weighted by molar-refractivity contribution is -0.116. The number of benzene rings is 2. The fraction of sp³-hybridized carbons (Fsp3) is 0.167. The number of nitrogens with zero attached hydrogens (tertiary/aromatic N) is 3. The maximum Gasteiger partial charge on any atom is 0.324 e. The second kappa shape index (κ2) is 9.74. The van der Waals surface area contributed by atoms with E-state index in [0.717, 1.165) is 17.7 Å². The molecule has 0 aliphatic heterocycles. The molecule has 0 saturated carbocycles. The van der Waals surface area contributed by atoms with E-state index in [1.165, 1.54) is 0 Å². The molecule has 0 aliphatic carbocycles. The van der Waals surface area contributed by atoms with E-state index < -0.39 is 0 Å². The van der Waals surface area contributed by atoms with Gasteiger partial charge < -0.3 is 15.4 Å². The summed E-state index contributed by atoms with van der Waals surface area (Å²) in [5, 5.41) is 13.1. The number of nitrogens with one attached hydrogen (secondary N) is 3. The van der Waals surface area contributed by atoms with Gasteiger partial charge in [-0.05, 0) is 37.6 Å². The van der Waals surface area contributed by atoms with Crippen LogP contribution >= 0.6 is 0 Å². The highest BCUT2D eigenvalue weighted by Gasteiger charge is 2.11. The number of carbonyl (C=O) groups excluding carboxylic acids is 1. The maximum atomic E-state index is 11.8. The predicted molar refractivity (Wildman–Crippen MR) is 124 cm³/mol. The van der Waals surface area contributed by atoms with Gasteiger partial charge in [-0.3, -0.25) is 9.89 Å². The van der Waals surface area contributed by atoms with Crippen molar-refractivity contribution < 1.29 is 9.53 Å². The van der Waals surface area contributed by atoms with E-state index in [9.17, 15) is 4.79 Å². The van der Waals surface area contributed by atoms with E-state index in [4.69, 9.17) is 4.74 Å². The van der Waals surface area contributed by atoms with Gasteiger partial charge in [0.15, 0.2) is 5.82 Å². The van der Waals surface area contributed by atoms with Gasteiger partial charge in [-0.15, -0.1) is 0 Å². The van der Waals surface area contributed by atoms with Gasteiger partial charge in [0.1, 0.15) is 11.6 Å². The van der Waals surface area contributed by atoms with Crippen molar-refractivity contribution in [3.05, 3.63) is 72.4 Å². The minimum atomic E-state index is -0.00983. The highest BCUT2D eigenvalue weighted by atomic mass is 16.5. The Bertz CT molecular complexity index is 1190. The van der Waals surface area contributed by atoms with E-state index >= 15 is 0 Å². The third kappa shape index (κ3) is 5.48. The Balaban J connectivity index is 1.58. The molecule has 162 valence electrons. The van der Waals surface area contributed by atoms with Crippen molar-refractivity contribution >= 4 is 23.2 Å². The molecule has 3 N–H and O–H groups in total. The predicted octanol–water partition coefficient (Wildman–Crippen LogP) is 5.45. The zero-order chi connectivity index (χ0) is 22.3. The molecule has 0 fully saturated rings. The minimum Gasteiger partial charge on any atom is -0.424 e. The molecular formula is C24H24N6O2. The molecule has 0 bridgehead atoms. The third-order valence-electron chi connectivity index (χ3n) is 4.56. The fourth-order valence-electron chi connectivity index (χ4n) is 3.07. The SMILES string of the molecule is CCCC(=O)Nc1ccc(Oc2nc(Nc3cc(C)[nH]n3)cc(-c3ccccc3)n2)cc1. The summed E-state index contributed by atoms with van der Waals surface area (Å²) >= 11 is 0. The van der Waals surface area contributed by atoms with Crippen molar-refractivity contribution in [1.29, 1.82) is 0 Å². The summed E-state index contributed by atoms with van der Waals surface area (Å²) in [7, 11) is 0. The number of aromatic amines is 1. The van der Waals surface area contributed by atoms with Crippen LogP contribution in [0.1, 0.15) is 25.5 Å². The molecule has 2 aromatic heterocycles. The van der Waals surface area contributed by atoms with Gasteiger partial charge in [-0.25, -0.2) is 0 Å². The van der Waals surface area contributed by atoms with Gasteiger partial charge in [0.2, 0.25) is 5.91 Å². The Morgan fingerprint density at radius 2 is 1.78 bits per heavy atom. The molecule has 0 saturated heterocycles. The Morgan fingerprint density at radius 3 is 2.47 bits per heavy atom. The van der Waals surface area contributed by atoms with Crippen LogP contribution < -0.4 is 15.4 Å². The molecule has 0 spiro atoms. The lowest BCUT2D eigenvalue weighted by atomic mass is 10.1. The van der Waals surface area contributed by atoms with Crippen molar-refractivity contribution in [2.24, 2.45) is 0 Å². The molecule has 8 nitrogen and oxygen atoms in total. The quantitative estimate of drug-likeness (QED) is 0.345. The van der Waals surface area contributed by atoms with Crippen molar-refractivity contribution in [2.45, 2.75) is 26.7 Å². The average molecular weight is 428 g/mol. The van der Waals surface area contributed by atoms with Gasteiger partial charge in [-0.1, -0.05) is 37.3 Å². The normalized spacial score (nSPS) is 10.6. The highest BCUT2D eigenvalue weighted by Crippen LogP contribution is 2.27. The van der Waals surface area contributed by atoms with Crippen LogP contribution in [-0.4, -0.2) is 26.1 Å². The number of aromatic nitrogens is 4. The topological polar surface area (TPSA) is 105 Å². The van der Waals surface area contributed by atoms with E-state index in [1.807, 2.05) is 56.3 Å². The van der Waals surface area contributed by atoms with Crippen molar-refractivity contribution in [1.82, 2.24) is 20.2 Å². The number of H-pyrrole nitrogens is 1. The molecule has 0 radical (unpaired) electrons. The zero-order valence-electron chi connectivity index (χ0n) is 17.9. The lowest BCUT2D eigenvalue weighted by Crippen LogP contribution is -2.10. The molecule has 2 heterocycles. The Labute approximate surface area is 186 Å². The van der Waals surface area contributed by atoms with Crippen molar-refractivity contribution in [3.8, 4) is 23.0 Å². The molecule has 4 rings (SSSR count). The van der Waals surface area contributed by atoms with Crippen LogP contribution in [0, 0.1) is 6.92 Å². The third-order valence-corrected chi connectivity index (χ3v) is 4.56. The van der Waals surface area contributed by atoms with E-state index in [-0.39, 0.29) is 11.9 Å². The van der Waals surface area contributed by atoms with Crippen molar-refractivity contribution in [3.63, 3.8) is 0 Å². The molecule has 0 aliphatic rings. The summed E-state index contributed by atoms with van der Waals surface area (Å²) in [6.07, 6.45) is 1.29. The number of amides is 1. The van der Waals surface area contributed by atoms with E-state index in [0.29, 0.717) is 35.2 Å². The van der Waals surface area contributed by atoms with Crippen LogP contribution in [0.3, 0.4) is 0 Å². The Morgan fingerprint density at radius 1 is 1.00 bits per heavy atom. The average Bonchev–Trinajstić information content (AvgIpc) is 3.20. The first-order valence-electron chi connectivity index (χ1n) is 10.4. The number of hydrogen-bond acceptors (Lipinski definition) is 6. The van der Waals surface area contributed by atoms with E-state index in [2.05, 4.69) is 30.8 Å².